The highest BCUT2D eigenvalue weighted by molar-refractivity contribution is 6.32. The van der Waals surface area contributed by atoms with Crippen LogP contribution in [-0.4, -0.2) is 33.7 Å². The van der Waals surface area contributed by atoms with Gasteiger partial charge in [-0.05, 0) is 32.6 Å². The quantitative estimate of drug-likeness (QED) is 0.846. The van der Waals surface area contributed by atoms with Crippen LogP contribution in [0.4, 0.5) is 13.2 Å². The number of halogens is 4. The molecule has 1 amide bonds. The number of carbonyl (C=O) groups is 1. The molecule has 8 heteroatoms. The molecule has 1 aromatic rings. The summed E-state index contributed by atoms with van der Waals surface area (Å²) in [6.07, 6.45) is -1.17. The zero-order chi connectivity index (χ0) is 16.1. The van der Waals surface area contributed by atoms with E-state index in [4.69, 9.17) is 11.6 Å². The number of aromatic nitrogens is 2. The largest absolute Gasteiger partial charge is 0.436 e. The fraction of sp³-hybridized carbons (Fsp3) is 0.714. The molecule has 0 unspecified atom stereocenters. The Labute approximate surface area is 131 Å². The summed E-state index contributed by atoms with van der Waals surface area (Å²) in [5, 5.41) is 3.30. The first-order valence-corrected chi connectivity index (χ1v) is 7.82. The van der Waals surface area contributed by atoms with Crippen LogP contribution in [0.15, 0.2) is 0 Å². The highest BCUT2D eigenvalue weighted by Gasteiger charge is 2.43. The van der Waals surface area contributed by atoms with E-state index < -0.39 is 17.9 Å². The summed E-state index contributed by atoms with van der Waals surface area (Å²) in [6, 6.07) is -0.762. The van der Waals surface area contributed by atoms with Crippen molar-refractivity contribution in [1.82, 2.24) is 14.7 Å². The minimum Gasteiger partial charge on any atom is -0.341 e. The Balaban J connectivity index is 1.96. The van der Waals surface area contributed by atoms with E-state index in [0.717, 1.165) is 25.7 Å². The molecular weight excluding hydrogens is 319 g/mol. The van der Waals surface area contributed by atoms with Gasteiger partial charge in [-0.25, -0.2) is 0 Å². The second kappa shape index (κ2) is 5.44. The average molecular weight is 336 g/mol. The van der Waals surface area contributed by atoms with Crippen molar-refractivity contribution in [2.75, 3.05) is 13.1 Å². The number of rotatable bonds is 3. The van der Waals surface area contributed by atoms with Gasteiger partial charge in [0.25, 0.3) is 0 Å². The van der Waals surface area contributed by atoms with E-state index in [0.29, 0.717) is 18.8 Å². The van der Waals surface area contributed by atoms with Gasteiger partial charge in [-0.15, -0.1) is 0 Å². The third-order valence-electron chi connectivity index (χ3n) is 4.26. The summed E-state index contributed by atoms with van der Waals surface area (Å²) >= 11 is 5.93. The Morgan fingerprint density at radius 2 is 1.91 bits per heavy atom. The van der Waals surface area contributed by atoms with Crippen molar-refractivity contribution in [3.63, 3.8) is 0 Å². The summed E-state index contributed by atoms with van der Waals surface area (Å²) in [5.41, 5.74) is -0.730. The molecule has 122 valence electrons. The van der Waals surface area contributed by atoms with E-state index in [2.05, 4.69) is 5.10 Å². The van der Waals surface area contributed by atoms with Gasteiger partial charge in [-0.3, -0.25) is 9.48 Å². The average Bonchev–Trinajstić information content (AvgIpc) is 3.00. The van der Waals surface area contributed by atoms with Gasteiger partial charge in [0, 0.05) is 19.0 Å². The number of nitrogens with zero attached hydrogens (tertiary/aromatic N) is 3. The molecule has 0 spiro atoms. The van der Waals surface area contributed by atoms with Gasteiger partial charge in [-0.2, -0.15) is 18.3 Å². The van der Waals surface area contributed by atoms with Crippen molar-refractivity contribution in [2.24, 2.45) is 0 Å². The smallest absolute Gasteiger partial charge is 0.341 e. The molecule has 22 heavy (non-hydrogen) atoms. The lowest BCUT2D eigenvalue weighted by molar-refractivity contribution is -0.142. The zero-order valence-corrected chi connectivity index (χ0v) is 12.9. The summed E-state index contributed by atoms with van der Waals surface area (Å²) in [4.78, 5) is 14.1. The standard InChI is InChI=1S/C14H17ClF3N3O/c1-8(13(22)20-6-2-3-7-20)21-11(9-4-5-9)10(15)12(19-21)14(16,17)18/h8-9H,2-7H2,1H3/t8-/m1/s1. The number of hydrogen-bond donors (Lipinski definition) is 0. The monoisotopic (exact) mass is 335 g/mol. The lowest BCUT2D eigenvalue weighted by atomic mass is 10.2. The van der Waals surface area contributed by atoms with Crippen LogP contribution in [0.1, 0.15) is 56.0 Å². The molecule has 1 atom stereocenters. The Morgan fingerprint density at radius 1 is 1.32 bits per heavy atom. The maximum Gasteiger partial charge on any atom is 0.436 e. The lowest BCUT2D eigenvalue weighted by Crippen LogP contribution is -2.35. The van der Waals surface area contributed by atoms with Gasteiger partial charge in [0.15, 0.2) is 5.69 Å². The number of hydrogen-bond acceptors (Lipinski definition) is 2. The van der Waals surface area contributed by atoms with Crippen molar-refractivity contribution in [3.05, 3.63) is 16.4 Å². The molecule has 1 aromatic heterocycles. The number of amides is 1. The second-order valence-corrected chi connectivity index (χ2v) is 6.35. The van der Waals surface area contributed by atoms with Gasteiger partial charge >= 0.3 is 6.18 Å². The third kappa shape index (κ3) is 2.71. The van der Waals surface area contributed by atoms with E-state index in [9.17, 15) is 18.0 Å². The molecule has 0 radical (unpaired) electrons. The SMILES string of the molecule is C[C@H](C(=O)N1CCCC1)n1nc(C(F)(F)F)c(Cl)c1C1CC1. The Hall–Kier alpha value is -1.24. The number of alkyl halides is 3. The van der Waals surface area contributed by atoms with E-state index in [1.165, 1.54) is 4.68 Å². The van der Waals surface area contributed by atoms with Crippen LogP contribution in [0.2, 0.25) is 5.02 Å². The van der Waals surface area contributed by atoms with Crippen molar-refractivity contribution in [1.29, 1.82) is 0 Å². The molecule has 0 bridgehead atoms. The minimum atomic E-state index is -4.61. The van der Waals surface area contributed by atoms with Crippen molar-refractivity contribution >= 4 is 17.5 Å². The minimum absolute atomic E-state index is 0.0232. The molecule has 0 aromatic carbocycles. The molecule has 1 saturated heterocycles. The molecule has 1 aliphatic carbocycles. The normalized spacial score (nSPS) is 20.5. The predicted molar refractivity (Wildman–Crippen MR) is 74.7 cm³/mol. The molecule has 4 nitrogen and oxygen atoms in total. The fourth-order valence-corrected chi connectivity index (χ4v) is 3.32. The summed E-state index contributed by atoms with van der Waals surface area (Å²) < 4.78 is 40.3. The van der Waals surface area contributed by atoms with Crippen LogP contribution in [0.3, 0.4) is 0 Å². The Bertz CT molecular complexity index is 589. The van der Waals surface area contributed by atoms with E-state index in [1.807, 2.05) is 0 Å². The van der Waals surface area contributed by atoms with Gasteiger partial charge in [-0.1, -0.05) is 11.6 Å². The zero-order valence-electron chi connectivity index (χ0n) is 12.2. The fourth-order valence-electron chi connectivity index (χ4n) is 2.93. The van der Waals surface area contributed by atoms with E-state index >= 15 is 0 Å². The first kappa shape index (κ1) is 15.6. The van der Waals surface area contributed by atoms with Gasteiger partial charge in [0.2, 0.25) is 5.91 Å². The van der Waals surface area contributed by atoms with Gasteiger partial charge < -0.3 is 4.90 Å². The van der Waals surface area contributed by atoms with Crippen LogP contribution < -0.4 is 0 Å². The molecule has 2 aliphatic rings. The van der Waals surface area contributed by atoms with Crippen molar-refractivity contribution in [3.8, 4) is 0 Å². The van der Waals surface area contributed by atoms with Crippen LogP contribution in [0.5, 0.6) is 0 Å². The van der Waals surface area contributed by atoms with Gasteiger partial charge in [0.1, 0.15) is 6.04 Å². The third-order valence-corrected chi connectivity index (χ3v) is 4.63. The van der Waals surface area contributed by atoms with Crippen LogP contribution in [-0.2, 0) is 11.0 Å². The highest BCUT2D eigenvalue weighted by Crippen LogP contribution is 2.47. The summed E-state index contributed by atoms with van der Waals surface area (Å²) in [6.45, 7) is 2.90. The van der Waals surface area contributed by atoms with Crippen molar-refractivity contribution < 1.29 is 18.0 Å². The summed E-state index contributed by atoms with van der Waals surface area (Å²) in [7, 11) is 0. The second-order valence-electron chi connectivity index (χ2n) is 5.97. The lowest BCUT2D eigenvalue weighted by Gasteiger charge is -2.22. The van der Waals surface area contributed by atoms with E-state index in [1.54, 1.807) is 11.8 Å². The topological polar surface area (TPSA) is 38.1 Å². The maximum absolute atomic E-state index is 13.0. The number of carbonyl (C=O) groups excluding carboxylic acids is 1. The molecular formula is C14H17ClF3N3O. The molecule has 0 N–H and O–H groups in total. The molecule has 1 aliphatic heterocycles. The van der Waals surface area contributed by atoms with Crippen LogP contribution in [0.25, 0.3) is 0 Å². The van der Waals surface area contributed by atoms with Crippen molar-refractivity contribution in [2.45, 2.75) is 50.7 Å². The molecule has 3 rings (SSSR count). The predicted octanol–water partition coefficient (Wildman–Crippen LogP) is 3.62. The maximum atomic E-state index is 13.0. The van der Waals surface area contributed by atoms with E-state index in [-0.39, 0.29) is 16.8 Å². The first-order chi connectivity index (χ1) is 10.3. The van der Waals surface area contributed by atoms with Crippen LogP contribution >= 0.6 is 11.6 Å². The first-order valence-electron chi connectivity index (χ1n) is 7.44. The number of likely N-dealkylation sites (tertiary alicyclic amines) is 1. The van der Waals surface area contributed by atoms with Crippen LogP contribution in [0, 0.1) is 0 Å². The Kier molecular flexibility index (Phi) is 3.87. The van der Waals surface area contributed by atoms with Gasteiger partial charge in [0.05, 0.1) is 10.7 Å². The summed E-state index contributed by atoms with van der Waals surface area (Å²) in [5.74, 6) is -0.211. The molecule has 2 fully saturated rings. The molecule has 1 saturated carbocycles. The highest BCUT2D eigenvalue weighted by atomic mass is 35.5. The Morgan fingerprint density at radius 3 is 2.41 bits per heavy atom. The molecule has 2 heterocycles.